The van der Waals surface area contributed by atoms with E-state index in [1.54, 1.807) is 0 Å². The van der Waals surface area contributed by atoms with Crippen molar-refractivity contribution in [2.45, 2.75) is 0 Å². The zero-order chi connectivity index (χ0) is 14.7. The Labute approximate surface area is 129 Å². The lowest BCUT2D eigenvalue weighted by atomic mass is 10.2. The van der Waals surface area contributed by atoms with E-state index in [9.17, 15) is 9.00 Å². The molecule has 0 atom stereocenters. The zero-order valence-electron chi connectivity index (χ0n) is 10.7. The molecule has 1 saturated heterocycles. The van der Waals surface area contributed by atoms with Gasteiger partial charge in [0.15, 0.2) is 0 Å². The first-order valence-corrected chi connectivity index (χ1v) is 8.32. The van der Waals surface area contributed by atoms with Gasteiger partial charge in [-0.2, -0.15) is 0 Å². The van der Waals surface area contributed by atoms with Crippen LogP contribution in [0.25, 0.3) is 0 Å². The highest BCUT2D eigenvalue weighted by Gasteiger charge is 2.18. The number of anilines is 2. The Balaban J connectivity index is 1.96. The first-order valence-electron chi connectivity index (χ1n) is 6.07. The van der Waals surface area contributed by atoms with Gasteiger partial charge in [0.05, 0.1) is 22.9 Å². The molecule has 0 bridgehead atoms. The fraction of sp³-hybridized carbons (Fsp3) is 0.417. The topological polar surface area (TPSA) is 75.4 Å². The lowest BCUT2D eigenvalue weighted by Gasteiger charge is -2.25. The summed E-state index contributed by atoms with van der Waals surface area (Å²) in [6.45, 7) is 1.54. The van der Waals surface area contributed by atoms with Crippen LogP contribution in [0.5, 0.6) is 0 Å². The molecule has 0 saturated carbocycles. The monoisotopic (exact) mass is 335 g/mol. The van der Waals surface area contributed by atoms with Crippen molar-refractivity contribution in [3.63, 3.8) is 0 Å². The summed E-state index contributed by atoms with van der Waals surface area (Å²) in [6, 6.07) is 3.06. The predicted octanol–water partition coefficient (Wildman–Crippen LogP) is 1.58. The second kappa shape index (κ2) is 6.76. The Morgan fingerprint density at radius 3 is 2.60 bits per heavy atom. The van der Waals surface area contributed by atoms with Crippen molar-refractivity contribution in [1.29, 1.82) is 0 Å². The van der Waals surface area contributed by atoms with Crippen LogP contribution in [0.3, 0.4) is 0 Å². The van der Waals surface area contributed by atoms with Crippen molar-refractivity contribution in [2.75, 3.05) is 42.2 Å². The average Bonchev–Trinajstić information content (AvgIpc) is 2.36. The first-order chi connectivity index (χ1) is 9.45. The van der Waals surface area contributed by atoms with Crippen LogP contribution >= 0.6 is 23.2 Å². The summed E-state index contributed by atoms with van der Waals surface area (Å²) >= 11 is 11.8. The minimum Gasteiger partial charge on any atom is -0.397 e. The van der Waals surface area contributed by atoms with Crippen LogP contribution in [0.15, 0.2) is 12.1 Å². The summed E-state index contributed by atoms with van der Waals surface area (Å²) in [5.41, 5.74) is 6.49. The molecule has 5 nitrogen and oxygen atoms in total. The molecule has 1 amide bonds. The zero-order valence-corrected chi connectivity index (χ0v) is 13.0. The standard InChI is InChI=1S/C12H15Cl2N3O2S/c13-8-5-9(14)12(10(15)6-8)16-11(18)7-17-1-3-20(19)4-2-17/h5-6H,1-4,7,15H2,(H,16,18). The summed E-state index contributed by atoms with van der Waals surface area (Å²) in [7, 11) is -0.753. The number of carbonyl (C=O) groups is 1. The molecule has 1 heterocycles. The Hall–Kier alpha value is -0.820. The molecule has 110 valence electrons. The van der Waals surface area contributed by atoms with E-state index >= 15 is 0 Å². The van der Waals surface area contributed by atoms with Crippen molar-refractivity contribution in [2.24, 2.45) is 0 Å². The lowest BCUT2D eigenvalue weighted by molar-refractivity contribution is -0.117. The molecule has 1 aromatic carbocycles. The SMILES string of the molecule is Nc1cc(Cl)cc(Cl)c1NC(=O)CN1CCS(=O)CC1. The summed E-state index contributed by atoms with van der Waals surface area (Å²) in [4.78, 5) is 13.9. The number of rotatable bonds is 3. The van der Waals surface area contributed by atoms with Crippen molar-refractivity contribution in [1.82, 2.24) is 4.90 Å². The van der Waals surface area contributed by atoms with E-state index < -0.39 is 10.8 Å². The van der Waals surface area contributed by atoms with E-state index in [2.05, 4.69) is 5.32 Å². The predicted molar refractivity (Wildman–Crippen MR) is 83.8 cm³/mol. The van der Waals surface area contributed by atoms with Gasteiger partial charge in [0, 0.05) is 40.4 Å². The normalized spacial score (nSPS) is 17.1. The molecule has 2 rings (SSSR count). The van der Waals surface area contributed by atoms with E-state index in [1.165, 1.54) is 12.1 Å². The van der Waals surface area contributed by atoms with Gasteiger partial charge in [-0.1, -0.05) is 23.2 Å². The minimum atomic E-state index is -0.753. The molecule has 3 N–H and O–H groups in total. The molecule has 1 aliphatic heterocycles. The molecule has 0 radical (unpaired) electrons. The first kappa shape index (κ1) is 15.6. The number of benzene rings is 1. The number of carbonyl (C=O) groups excluding carboxylic acids is 1. The fourth-order valence-electron chi connectivity index (χ4n) is 1.94. The number of hydrogen-bond donors (Lipinski definition) is 2. The largest absolute Gasteiger partial charge is 0.397 e. The third-order valence-corrected chi connectivity index (χ3v) is 4.78. The number of amides is 1. The second-order valence-electron chi connectivity index (χ2n) is 4.52. The van der Waals surface area contributed by atoms with Crippen LogP contribution < -0.4 is 11.1 Å². The van der Waals surface area contributed by atoms with Gasteiger partial charge in [0.25, 0.3) is 0 Å². The maximum atomic E-state index is 12.0. The van der Waals surface area contributed by atoms with Gasteiger partial charge in [0.2, 0.25) is 5.91 Å². The van der Waals surface area contributed by atoms with E-state index in [1.807, 2.05) is 4.90 Å². The van der Waals surface area contributed by atoms with Gasteiger partial charge >= 0.3 is 0 Å². The lowest BCUT2D eigenvalue weighted by Crippen LogP contribution is -2.42. The molecular weight excluding hydrogens is 321 g/mol. The van der Waals surface area contributed by atoms with E-state index in [0.717, 1.165) is 0 Å². The molecule has 1 fully saturated rings. The van der Waals surface area contributed by atoms with Gasteiger partial charge in [0.1, 0.15) is 0 Å². The quantitative estimate of drug-likeness (QED) is 0.822. The van der Waals surface area contributed by atoms with Gasteiger partial charge in [-0.3, -0.25) is 13.9 Å². The van der Waals surface area contributed by atoms with Crippen LogP contribution in [-0.4, -0.2) is 46.2 Å². The van der Waals surface area contributed by atoms with Crippen molar-refractivity contribution < 1.29 is 9.00 Å². The fourth-order valence-corrected chi connectivity index (χ4v) is 3.63. The van der Waals surface area contributed by atoms with Gasteiger partial charge in [-0.15, -0.1) is 0 Å². The number of nitrogens with one attached hydrogen (secondary N) is 1. The Bertz CT molecular complexity index is 520. The van der Waals surface area contributed by atoms with E-state index in [0.29, 0.717) is 46.0 Å². The molecule has 0 aromatic heterocycles. The average molecular weight is 336 g/mol. The van der Waals surface area contributed by atoms with Crippen molar-refractivity contribution >= 4 is 51.3 Å². The van der Waals surface area contributed by atoms with Crippen LogP contribution in [0.2, 0.25) is 10.0 Å². The molecule has 8 heteroatoms. The van der Waals surface area contributed by atoms with E-state index in [4.69, 9.17) is 28.9 Å². The van der Waals surface area contributed by atoms with Gasteiger partial charge in [-0.25, -0.2) is 0 Å². The number of hydrogen-bond acceptors (Lipinski definition) is 4. The minimum absolute atomic E-state index is 0.200. The highest BCUT2D eigenvalue weighted by molar-refractivity contribution is 7.85. The molecular formula is C12H15Cl2N3O2S. The molecule has 0 aliphatic carbocycles. The summed E-state index contributed by atoms with van der Waals surface area (Å²) < 4.78 is 11.2. The van der Waals surface area contributed by atoms with Crippen LogP contribution in [0.4, 0.5) is 11.4 Å². The summed E-state index contributed by atoms with van der Waals surface area (Å²) in [6.07, 6.45) is 0. The summed E-state index contributed by atoms with van der Waals surface area (Å²) in [5, 5.41) is 3.42. The Morgan fingerprint density at radius 2 is 2.00 bits per heavy atom. The number of halogens is 2. The van der Waals surface area contributed by atoms with E-state index in [-0.39, 0.29) is 12.5 Å². The summed E-state index contributed by atoms with van der Waals surface area (Å²) in [5.74, 6) is 1.02. The molecule has 1 aromatic rings. The third-order valence-electron chi connectivity index (χ3n) is 2.99. The number of nitrogens with two attached hydrogens (primary N) is 1. The van der Waals surface area contributed by atoms with Crippen molar-refractivity contribution in [3.05, 3.63) is 22.2 Å². The van der Waals surface area contributed by atoms with Crippen LogP contribution in [0.1, 0.15) is 0 Å². The number of nitrogens with zero attached hydrogens (tertiary/aromatic N) is 1. The number of nitrogen functional groups attached to an aromatic ring is 1. The van der Waals surface area contributed by atoms with Gasteiger partial charge in [-0.05, 0) is 12.1 Å². The van der Waals surface area contributed by atoms with Crippen LogP contribution in [-0.2, 0) is 15.6 Å². The molecule has 0 spiro atoms. The smallest absolute Gasteiger partial charge is 0.238 e. The highest BCUT2D eigenvalue weighted by Crippen LogP contribution is 2.31. The van der Waals surface area contributed by atoms with Gasteiger partial charge < -0.3 is 11.1 Å². The molecule has 0 unspecified atom stereocenters. The Morgan fingerprint density at radius 1 is 1.35 bits per heavy atom. The molecule has 1 aliphatic rings. The maximum absolute atomic E-state index is 12.0. The Kier molecular flexibility index (Phi) is 5.26. The highest BCUT2D eigenvalue weighted by atomic mass is 35.5. The maximum Gasteiger partial charge on any atom is 0.238 e. The van der Waals surface area contributed by atoms with Crippen LogP contribution in [0, 0.1) is 0 Å². The third kappa shape index (κ3) is 4.09. The van der Waals surface area contributed by atoms with Crippen molar-refractivity contribution in [3.8, 4) is 0 Å². The molecule has 20 heavy (non-hydrogen) atoms. The second-order valence-corrected chi connectivity index (χ2v) is 7.06.